The summed E-state index contributed by atoms with van der Waals surface area (Å²) in [5.74, 6) is -0.0363. The molecule has 0 saturated carbocycles. The minimum atomic E-state index is -0.155. The van der Waals surface area contributed by atoms with Gasteiger partial charge >= 0.3 is 0 Å². The number of thiophene rings is 1. The van der Waals surface area contributed by atoms with E-state index in [1.54, 1.807) is 11.0 Å². The van der Waals surface area contributed by atoms with E-state index in [2.05, 4.69) is 22.3 Å². The van der Waals surface area contributed by atoms with E-state index in [1.165, 1.54) is 17.7 Å². The van der Waals surface area contributed by atoms with Crippen molar-refractivity contribution in [2.75, 3.05) is 0 Å². The molecule has 0 bridgehead atoms. The maximum atomic E-state index is 12.7. The van der Waals surface area contributed by atoms with Gasteiger partial charge in [-0.05, 0) is 29.0 Å². The van der Waals surface area contributed by atoms with Crippen LogP contribution in [-0.2, 0) is 13.0 Å². The fraction of sp³-hybridized carbons (Fsp3) is 0.235. The van der Waals surface area contributed by atoms with Crippen LogP contribution in [0.25, 0.3) is 0 Å². The van der Waals surface area contributed by atoms with E-state index in [0.717, 1.165) is 22.4 Å². The summed E-state index contributed by atoms with van der Waals surface area (Å²) in [6.07, 6.45) is 4.01. The second kappa shape index (κ2) is 7.19. The summed E-state index contributed by atoms with van der Waals surface area (Å²) in [5.41, 5.74) is 2.13. The number of nitrogens with one attached hydrogen (secondary N) is 1. The van der Waals surface area contributed by atoms with Gasteiger partial charge in [0.2, 0.25) is 0 Å². The number of rotatable bonds is 6. The van der Waals surface area contributed by atoms with Gasteiger partial charge in [0.25, 0.3) is 5.91 Å². The number of nitrogens with zero attached hydrogens (tertiary/aromatic N) is 3. The number of hydrogen-bond donors (Lipinski definition) is 1. The first-order chi connectivity index (χ1) is 11.3. The lowest BCUT2D eigenvalue weighted by atomic mass is 10.1. The SMILES string of the molecule is CCc1ccsc1C(=O)NC(Cn1cncn1)c1ccccc1. The van der Waals surface area contributed by atoms with Crippen molar-refractivity contribution < 1.29 is 4.79 Å². The van der Waals surface area contributed by atoms with Crippen molar-refractivity contribution in [1.82, 2.24) is 20.1 Å². The Morgan fingerprint density at radius 3 is 2.83 bits per heavy atom. The van der Waals surface area contributed by atoms with Crippen LogP contribution in [0.1, 0.15) is 33.8 Å². The standard InChI is InChI=1S/C17H18N4OS/c1-2-13-8-9-23-16(13)17(22)20-15(10-21-12-18-11-19-21)14-6-4-3-5-7-14/h3-9,11-12,15H,2,10H2,1H3,(H,20,22). The maximum Gasteiger partial charge on any atom is 0.262 e. The lowest BCUT2D eigenvalue weighted by Gasteiger charge is -2.19. The molecule has 0 fully saturated rings. The van der Waals surface area contributed by atoms with Crippen LogP contribution >= 0.6 is 11.3 Å². The Hall–Kier alpha value is -2.47. The zero-order valence-corrected chi connectivity index (χ0v) is 13.7. The van der Waals surface area contributed by atoms with Crippen LogP contribution in [0.15, 0.2) is 54.4 Å². The van der Waals surface area contributed by atoms with Gasteiger partial charge in [-0.25, -0.2) is 4.98 Å². The van der Waals surface area contributed by atoms with Gasteiger partial charge < -0.3 is 5.32 Å². The summed E-state index contributed by atoms with van der Waals surface area (Å²) >= 11 is 1.48. The van der Waals surface area contributed by atoms with Crippen LogP contribution in [0.3, 0.4) is 0 Å². The third-order valence-corrected chi connectivity index (χ3v) is 4.63. The van der Waals surface area contributed by atoms with Crippen LogP contribution in [0.4, 0.5) is 0 Å². The molecule has 2 heterocycles. The molecular weight excluding hydrogens is 308 g/mol. The van der Waals surface area contributed by atoms with Gasteiger partial charge in [0, 0.05) is 0 Å². The van der Waals surface area contributed by atoms with Crippen molar-refractivity contribution in [2.24, 2.45) is 0 Å². The van der Waals surface area contributed by atoms with Crippen molar-refractivity contribution in [1.29, 1.82) is 0 Å². The van der Waals surface area contributed by atoms with Gasteiger partial charge in [-0.3, -0.25) is 9.48 Å². The molecule has 3 aromatic rings. The highest BCUT2D eigenvalue weighted by Crippen LogP contribution is 2.20. The molecule has 3 rings (SSSR count). The monoisotopic (exact) mass is 326 g/mol. The molecule has 0 aliphatic heterocycles. The average molecular weight is 326 g/mol. The summed E-state index contributed by atoms with van der Waals surface area (Å²) in [7, 11) is 0. The molecule has 0 aliphatic carbocycles. The number of aromatic nitrogens is 3. The number of carbonyl (C=O) groups is 1. The molecule has 1 aromatic carbocycles. The zero-order chi connectivity index (χ0) is 16.1. The van der Waals surface area contributed by atoms with Crippen LogP contribution in [-0.4, -0.2) is 20.7 Å². The molecule has 5 nitrogen and oxygen atoms in total. The van der Waals surface area contributed by atoms with E-state index in [1.807, 2.05) is 41.8 Å². The van der Waals surface area contributed by atoms with Crippen LogP contribution in [0.5, 0.6) is 0 Å². The van der Waals surface area contributed by atoms with Gasteiger partial charge in [0.05, 0.1) is 17.5 Å². The Kier molecular flexibility index (Phi) is 4.83. The predicted octanol–water partition coefficient (Wildman–Crippen LogP) is 3.07. The largest absolute Gasteiger partial charge is 0.343 e. The molecule has 0 saturated heterocycles. The third kappa shape index (κ3) is 3.65. The fourth-order valence-corrected chi connectivity index (χ4v) is 3.37. The zero-order valence-electron chi connectivity index (χ0n) is 12.8. The van der Waals surface area contributed by atoms with Crippen LogP contribution < -0.4 is 5.32 Å². The summed E-state index contributed by atoms with van der Waals surface area (Å²) in [4.78, 5) is 17.4. The van der Waals surface area contributed by atoms with E-state index < -0.39 is 0 Å². The minimum absolute atomic E-state index is 0.0363. The van der Waals surface area contributed by atoms with Gasteiger partial charge in [-0.1, -0.05) is 37.3 Å². The van der Waals surface area contributed by atoms with Crippen LogP contribution in [0, 0.1) is 0 Å². The van der Waals surface area contributed by atoms with Crippen molar-refractivity contribution in [2.45, 2.75) is 25.9 Å². The molecule has 0 spiro atoms. The van der Waals surface area contributed by atoms with Crippen molar-refractivity contribution in [3.05, 3.63) is 70.4 Å². The molecular formula is C17H18N4OS. The number of aryl methyl sites for hydroxylation is 1. The first kappa shape index (κ1) is 15.4. The van der Waals surface area contributed by atoms with E-state index in [-0.39, 0.29) is 11.9 Å². The summed E-state index contributed by atoms with van der Waals surface area (Å²) in [6, 6.07) is 11.8. The predicted molar refractivity (Wildman–Crippen MR) is 90.4 cm³/mol. The summed E-state index contributed by atoms with van der Waals surface area (Å²) < 4.78 is 1.73. The number of amides is 1. The number of hydrogen-bond acceptors (Lipinski definition) is 4. The van der Waals surface area contributed by atoms with E-state index in [4.69, 9.17) is 0 Å². The van der Waals surface area contributed by atoms with Crippen LogP contribution in [0.2, 0.25) is 0 Å². The third-order valence-electron chi connectivity index (χ3n) is 3.68. The number of carbonyl (C=O) groups excluding carboxylic acids is 1. The Morgan fingerprint density at radius 2 is 2.13 bits per heavy atom. The first-order valence-corrected chi connectivity index (χ1v) is 8.40. The Bertz CT molecular complexity index is 752. The molecule has 2 aromatic heterocycles. The normalized spacial score (nSPS) is 12.0. The van der Waals surface area contributed by atoms with Crippen molar-refractivity contribution >= 4 is 17.2 Å². The highest BCUT2D eigenvalue weighted by Gasteiger charge is 2.19. The van der Waals surface area contributed by atoms with Gasteiger partial charge in [0.1, 0.15) is 12.7 Å². The van der Waals surface area contributed by atoms with E-state index >= 15 is 0 Å². The Balaban J connectivity index is 1.82. The molecule has 118 valence electrons. The lowest BCUT2D eigenvalue weighted by Crippen LogP contribution is -2.31. The molecule has 1 amide bonds. The smallest absolute Gasteiger partial charge is 0.262 e. The molecule has 1 unspecified atom stereocenters. The quantitative estimate of drug-likeness (QED) is 0.757. The van der Waals surface area contributed by atoms with Gasteiger partial charge in [-0.2, -0.15) is 5.10 Å². The average Bonchev–Trinajstić information content (AvgIpc) is 3.26. The molecule has 23 heavy (non-hydrogen) atoms. The topological polar surface area (TPSA) is 59.8 Å². The first-order valence-electron chi connectivity index (χ1n) is 7.52. The second-order valence-electron chi connectivity index (χ2n) is 5.18. The summed E-state index contributed by atoms with van der Waals surface area (Å²) in [5, 5.41) is 9.23. The van der Waals surface area contributed by atoms with Gasteiger partial charge in [0.15, 0.2) is 0 Å². The highest BCUT2D eigenvalue weighted by atomic mass is 32.1. The lowest BCUT2D eigenvalue weighted by molar-refractivity contribution is 0.0935. The molecule has 0 aliphatic rings. The van der Waals surface area contributed by atoms with E-state index in [0.29, 0.717) is 6.54 Å². The van der Waals surface area contributed by atoms with Crippen molar-refractivity contribution in [3.8, 4) is 0 Å². The van der Waals surface area contributed by atoms with E-state index in [9.17, 15) is 4.79 Å². The summed E-state index contributed by atoms with van der Waals surface area (Å²) in [6.45, 7) is 2.60. The maximum absolute atomic E-state index is 12.7. The Labute approximate surface area is 139 Å². The molecule has 6 heteroatoms. The molecule has 0 radical (unpaired) electrons. The Morgan fingerprint density at radius 1 is 1.30 bits per heavy atom. The second-order valence-corrected chi connectivity index (χ2v) is 6.10. The molecule has 1 atom stereocenters. The number of benzene rings is 1. The molecule has 1 N–H and O–H groups in total. The van der Waals surface area contributed by atoms with Crippen molar-refractivity contribution in [3.63, 3.8) is 0 Å². The highest BCUT2D eigenvalue weighted by molar-refractivity contribution is 7.12. The minimum Gasteiger partial charge on any atom is -0.343 e. The van der Waals surface area contributed by atoms with Gasteiger partial charge in [-0.15, -0.1) is 11.3 Å². The fourth-order valence-electron chi connectivity index (χ4n) is 2.47.